The van der Waals surface area contributed by atoms with E-state index < -0.39 is 44.2 Å². The van der Waals surface area contributed by atoms with E-state index in [0.29, 0.717) is 18.1 Å². The third kappa shape index (κ3) is 6.28. The van der Waals surface area contributed by atoms with Crippen LogP contribution in [0.2, 0.25) is 0 Å². The Bertz CT molecular complexity index is 782. The molecule has 1 fully saturated rings. The van der Waals surface area contributed by atoms with Crippen molar-refractivity contribution in [2.45, 2.75) is 58.2 Å². The SMILES string of the molecule is Cc1cn([C@H]2CC(OP(=O)(O)OC(C)(C)C)[C@@H](CO)O2)c(=O)nc1NCCS. The van der Waals surface area contributed by atoms with Gasteiger partial charge in [-0.3, -0.25) is 13.6 Å². The summed E-state index contributed by atoms with van der Waals surface area (Å²) >= 11 is 4.11. The van der Waals surface area contributed by atoms with Gasteiger partial charge >= 0.3 is 13.5 Å². The zero-order chi connectivity index (χ0) is 21.1. The van der Waals surface area contributed by atoms with Crippen molar-refractivity contribution in [1.29, 1.82) is 0 Å². The summed E-state index contributed by atoms with van der Waals surface area (Å²) in [6, 6.07) is 0. The van der Waals surface area contributed by atoms with Gasteiger partial charge < -0.3 is 20.1 Å². The van der Waals surface area contributed by atoms with Crippen LogP contribution in [0, 0.1) is 6.92 Å². The van der Waals surface area contributed by atoms with Crippen molar-refractivity contribution in [3.63, 3.8) is 0 Å². The van der Waals surface area contributed by atoms with E-state index in [2.05, 4.69) is 22.9 Å². The number of aromatic nitrogens is 2. The first-order valence-electron chi connectivity index (χ1n) is 8.88. The molecule has 1 aliphatic rings. The molecule has 0 saturated carbocycles. The molecule has 1 aromatic heterocycles. The van der Waals surface area contributed by atoms with E-state index in [-0.39, 0.29) is 6.42 Å². The summed E-state index contributed by atoms with van der Waals surface area (Å²) in [5.74, 6) is 1.04. The molecular formula is C16H28N3O7PS. The van der Waals surface area contributed by atoms with Crippen LogP contribution in [0.1, 0.15) is 39.0 Å². The molecule has 0 aromatic carbocycles. The number of thiol groups is 1. The zero-order valence-electron chi connectivity index (χ0n) is 16.4. The summed E-state index contributed by atoms with van der Waals surface area (Å²) in [5, 5.41) is 12.6. The molecule has 0 amide bonds. The van der Waals surface area contributed by atoms with Gasteiger partial charge in [0.1, 0.15) is 24.3 Å². The van der Waals surface area contributed by atoms with E-state index in [0.717, 1.165) is 5.56 Å². The van der Waals surface area contributed by atoms with Crippen LogP contribution in [0.15, 0.2) is 11.0 Å². The molecule has 2 heterocycles. The minimum Gasteiger partial charge on any atom is -0.394 e. The van der Waals surface area contributed by atoms with Crippen LogP contribution < -0.4 is 11.0 Å². The fourth-order valence-corrected chi connectivity index (χ4v) is 4.22. The molecular weight excluding hydrogens is 409 g/mol. The summed E-state index contributed by atoms with van der Waals surface area (Å²) in [6.07, 6.45) is -0.949. The maximum atomic E-state index is 12.4. The lowest BCUT2D eigenvalue weighted by Crippen LogP contribution is -2.29. The number of phosphoric acid groups is 1. The average Bonchev–Trinajstić information content (AvgIpc) is 2.94. The Labute approximate surface area is 169 Å². The van der Waals surface area contributed by atoms with Crippen LogP contribution in [0.5, 0.6) is 0 Å². The molecule has 160 valence electrons. The Kier molecular flexibility index (Phi) is 7.71. The molecule has 0 aliphatic carbocycles. The molecule has 12 heteroatoms. The second-order valence-corrected chi connectivity index (χ2v) is 9.25. The molecule has 2 rings (SSSR count). The topological polar surface area (TPSA) is 132 Å². The molecule has 1 saturated heterocycles. The molecule has 2 unspecified atom stereocenters. The Hall–Kier alpha value is -0.940. The lowest BCUT2D eigenvalue weighted by atomic mass is 10.2. The first kappa shape index (κ1) is 23.3. The van der Waals surface area contributed by atoms with E-state index in [1.165, 1.54) is 4.57 Å². The number of aryl methyl sites for hydroxylation is 1. The van der Waals surface area contributed by atoms with Gasteiger partial charge in [0.15, 0.2) is 0 Å². The zero-order valence-corrected chi connectivity index (χ0v) is 18.2. The van der Waals surface area contributed by atoms with E-state index in [4.69, 9.17) is 13.8 Å². The van der Waals surface area contributed by atoms with Crippen molar-refractivity contribution in [2.75, 3.05) is 24.2 Å². The fraction of sp³-hybridized carbons (Fsp3) is 0.750. The number of aliphatic hydroxyl groups excluding tert-OH is 1. The van der Waals surface area contributed by atoms with Gasteiger partial charge in [0.25, 0.3) is 0 Å². The van der Waals surface area contributed by atoms with E-state index in [1.54, 1.807) is 33.9 Å². The number of phosphoric ester groups is 1. The Morgan fingerprint density at radius 2 is 2.18 bits per heavy atom. The summed E-state index contributed by atoms with van der Waals surface area (Å²) in [7, 11) is -4.39. The number of hydrogen-bond donors (Lipinski definition) is 4. The van der Waals surface area contributed by atoms with Gasteiger partial charge in [-0.15, -0.1) is 0 Å². The van der Waals surface area contributed by atoms with Gasteiger partial charge in [-0.1, -0.05) is 0 Å². The molecule has 0 bridgehead atoms. The van der Waals surface area contributed by atoms with Crippen LogP contribution in [0.3, 0.4) is 0 Å². The highest BCUT2D eigenvalue weighted by Gasteiger charge is 2.42. The number of anilines is 1. The van der Waals surface area contributed by atoms with Crippen molar-refractivity contribution in [3.8, 4) is 0 Å². The molecule has 3 N–H and O–H groups in total. The van der Waals surface area contributed by atoms with E-state index in [9.17, 15) is 19.4 Å². The summed E-state index contributed by atoms with van der Waals surface area (Å²) < 4.78 is 29.5. The van der Waals surface area contributed by atoms with Crippen molar-refractivity contribution in [3.05, 3.63) is 22.2 Å². The molecule has 0 radical (unpaired) electrons. The first-order valence-corrected chi connectivity index (χ1v) is 11.0. The van der Waals surface area contributed by atoms with Crippen molar-refractivity contribution in [2.24, 2.45) is 0 Å². The van der Waals surface area contributed by atoms with E-state index >= 15 is 0 Å². The number of nitrogens with zero attached hydrogens (tertiary/aromatic N) is 2. The number of rotatable bonds is 8. The van der Waals surface area contributed by atoms with Crippen molar-refractivity contribution in [1.82, 2.24) is 9.55 Å². The molecule has 28 heavy (non-hydrogen) atoms. The van der Waals surface area contributed by atoms with Crippen molar-refractivity contribution >= 4 is 26.3 Å². The quantitative estimate of drug-likeness (QED) is 0.353. The van der Waals surface area contributed by atoms with Crippen LogP contribution >= 0.6 is 20.5 Å². The predicted molar refractivity (Wildman–Crippen MR) is 107 cm³/mol. The maximum absolute atomic E-state index is 12.4. The molecule has 1 aromatic rings. The second-order valence-electron chi connectivity index (χ2n) is 7.48. The first-order chi connectivity index (χ1) is 13.0. The largest absolute Gasteiger partial charge is 0.473 e. The van der Waals surface area contributed by atoms with Gasteiger partial charge in [-0.05, 0) is 27.7 Å². The third-order valence-corrected chi connectivity index (χ3v) is 5.41. The Morgan fingerprint density at radius 3 is 2.75 bits per heavy atom. The summed E-state index contributed by atoms with van der Waals surface area (Å²) in [4.78, 5) is 26.4. The average molecular weight is 437 g/mol. The second kappa shape index (κ2) is 9.25. The molecule has 0 spiro atoms. The molecule has 4 atom stereocenters. The molecule has 10 nitrogen and oxygen atoms in total. The van der Waals surface area contributed by atoms with Crippen LogP contribution in [-0.2, 0) is 18.3 Å². The van der Waals surface area contributed by atoms with Gasteiger partial charge in [0, 0.05) is 30.5 Å². The number of hydrogen-bond acceptors (Lipinski definition) is 9. The van der Waals surface area contributed by atoms with Gasteiger partial charge in [0.05, 0.1) is 12.2 Å². The number of aliphatic hydroxyl groups is 1. The third-order valence-electron chi connectivity index (χ3n) is 3.87. The lowest BCUT2D eigenvalue weighted by molar-refractivity contribution is -0.0494. The minimum absolute atomic E-state index is 0.0771. The lowest BCUT2D eigenvalue weighted by Gasteiger charge is -2.25. The normalized spacial score (nSPS) is 24.9. The maximum Gasteiger partial charge on any atom is 0.473 e. The standard InChI is InChI=1S/C16H28N3O7PS/c1-10-8-19(15(21)18-14(10)17-5-6-28)13-7-11(12(9-20)24-13)25-27(22,23)26-16(2,3)4/h8,11-13,20,28H,5-7,9H2,1-4H3,(H,22,23)(H,17,18,21)/t11?,12-,13-/m1/s1. The summed E-state index contributed by atoms with van der Waals surface area (Å²) in [5.41, 5.74) is -0.724. The summed E-state index contributed by atoms with van der Waals surface area (Å²) in [6.45, 7) is 6.76. The van der Waals surface area contributed by atoms with Gasteiger partial charge in [-0.25, -0.2) is 9.36 Å². The van der Waals surface area contributed by atoms with Gasteiger partial charge in [-0.2, -0.15) is 17.6 Å². The van der Waals surface area contributed by atoms with Gasteiger partial charge in [0.2, 0.25) is 0 Å². The van der Waals surface area contributed by atoms with Crippen molar-refractivity contribution < 1.29 is 28.3 Å². The van der Waals surface area contributed by atoms with Crippen LogP contribution in [0.4, 0.5) is 5.82 Å². The fourth-order valence-electron chi connectivity index (χ4n) is 2.81. The number of nitrogens with one attached hydrogen (secondary N) is 1. The molecule has 1 aliphatic heterocycles. The van der Waals surface area contributed by atoms with Crippen LogP contribution in [0.25, 0.3) is 0 Å². The highest BCUT2D eigenvalue weighted by atomic mass is 32.1. The Balaban J connectivity index is 2.18. The van der Waals surface area contributed by atoms with Crippen LogP contribution in [-0.4, -0.2) is 56.3 Å². The smallest absolute Gasteiger partial charge is 0.394 e. The number of ether oxygens (including phenoxy) is 1. The Morgan fingerprint density at radius 1 is 1.50 bits per heavy atom. The minimum atomic E-state index is -4.39. The highest BCUT2D eigenvalue weighted by Crippen LogP contribution is 2.50. The predicted octanol–water partition coefficient (Wildman–Crippen LogP) is 1.47. The monoisotopic (exact) mass is 437 g/mol. The highest BCUT2D eigenvalue weighted by molar-refractivity contribution is 7.80. The van der Waals surface area contributed by atoms with E-state index in [1.807, 2.05) is 0 Å².